The average Bonchev–Trinajstić information content (AvgIpc) is 3.23. The Morgan fingerprint density at radius 1 is 1.04 bits per heavy atom. The molecular formula is C21H19N7. The van der Waals surface area contributed by atoms with Crippen LogP contribution in [0.5, 0.6) is 0 Å². The summed E-state index contributed by atoms with van der Waals surface area (Å²) in [5, 5.41) is 5.84. The van der Waals surface area contributed by atoms with E-state index in [0.29, 0.717) is 11.8 Å². The first-order chi connectivity index (χ1) is 13.6. The van der Waals surface area contributed by atoms with Crippen LogP contribution in [0.4, 0.5) is 0 Å². The number of aryl methyl sites for hydroxylation is 3. The number of benzene rings is 1. The van der Waals surface area contributed by atoms with Crippen molar-refractivity contribution >= 4 is 27.6 Å². The average molecular weight is 369 g/mol. The third kappa shape index (κ3) is 2.07. The van der Waals surface area contributed by atoms with Gasteiger partial charge in [0.25, 0.3) is 0 Å². The van der Waals surface area contributed by atoms with Gasteiger partial charge in [0.05, 0.1) is 16.6 Å². The number of nitrogens with zero attached hydrogens (tertiary/aromatic N) is 7. The van der Waals surface area contributed by atoms with Crippen molar-refractivity contribution in [2.75, 3.05) is 0 Å². The highest BCUT2D eigenvalue weighted by Gasteiger charge is 2.45. The third-order valence-electron chi connectivity index (χ3n) is 5.85. The normalized spacial score (nSPS) is 19.1. The first-order valence-corrected chi connectivity index (χ1v) is 9.51. The van der Waals surface area contributed by atoms with Crippen molar-refractivity contribution in [3.8, 4) is 0 Å². The molecule has 0 aliphatic heterocycles. The number of hydrogen-bond donors (Lipinski definition) is 0. The topological polar surface area (TPSA) is 73.8 Å². The molecule has 7 nitrogen and oxygen atoms in total. The molecular weight excluding hydrogens is 350 g/mol. The predicted octanol–water partition coefficient (Wildman–Crippen LogP) is 3.45. The van der Waals surface area contributed by atoms with Crippen LogP contribution in [0, 0.1) is 13.8 Å². The van der Waals surface area contributed by atoms with Gasteiger partial charge in [-0.15, -0.1) is 5.10 Å². The van der Waals surface area contributed by atoms with Gasteiger partial charge in [0.2, 0.25) is 0 Å². The van der Waals surface area contributed by atoms with Crippen LogP contribution in [-0.2, 0) is 7.05 Å². The molecule has 1 saturated carbocycles. The third-order valence-corrected chi connectivity index (χ3v) is 5.85. The summed E-state index contributed by atoms with van der Waals surface area (Å²) in [6, 6.07) is 8.24. The molecule has 1 aliphatic carbocycles. The first-order valence-electron chi connectivity index (χ1n) is 9.51. The molecule has 1 fully saturated rings. The van der Waals surface area contributed by atoms with Crippen LogP contribution in [0.15, 0.2) is 36.7 Å². The van der Waals surface area contributed by atoms with Crippen LogP contribution in [-0.4, -0.2) is 34.1 Å². The van der Waals surface area contributed by atoms with Crippen LogP contribution in [0.1, 0.15) is 41.3 Å². The molecule has 4 heterocycles. The lowest BCUT2D eigenvalue weighted by Gasteiger charge is -2.01. The van der Waals surface area contributed by atoms with Gasteiger partial charge < -0.3 is 4.57 Å². The van der Waals surface area contributed by atoms with Gasteiger partial charge in [0.15, 0.2) is 11.5 Å². The van der Waals surface area contributed by atoms with Gasteiger partial charge in [-0.25, -0.2) is 15.0 Å². The lowest BCUT2D eigenvalue weighted by atomic mass is 10.2. The molecule has 6 rings (SSSR count). The van der Waals surface area contributed by atoms with E-state index in [0.717, 1.165) is 57.0 Å². The van der Waals surface area contributed by atoms with E-state index in [1.165, 1.54) is 0 Å². The second-order valence-electron chi connectivity index (χ2n) is 7.67. The van der Waals surface area contributed by atoms with Gasteiger partial charge >= 0.3 is 0 Å². The Morgan fingerprint density at radius 3 is 2.79 bits per heavy atom. The standard InChI is InChI=1S/C21H19N7/c1-11-10-23-12(2)28-20(11)25-19(26-28)14-9-15(14)21-24-18-13-5-4-8-22-16(13)6-7-17(18)27(21)3/h4-8,10,14-15H,9H2,1-3H3/t14-,15+/m1/s1. The molecule has 0 unspecified atom stereocenters. The lowest BCUT2D eigenvalue weighted by molar-refractivity contribution is 0.775. The van der Waals surface area contributed by atoms with Crippen LogP contribution in [0.3, 0.4) is 0 Å². The van der Waals surface area contributed by atoms with Crippen LogP contribution in [0.25, 0.3) is 27.6 Å². The van der Waals surface area contributed by atoms with Gasteiger partial charge in [-0.2, -0.15) is 4.52 Å². The highest BCUT2D eigenvalue weighted by atomic mass is 15.3. The Morgan fingerprint density at radius 2 is 1.93 bits per heavy atom. The maximum Gasteiger partial charge on any atom is 0.162 e. The van der Waals surface area contributed by atoms with Gasteiger partial charge in [-0.05, 0) is 44.5 Å². The predicted molar refractivity (Wildman–Crippen MR) is 106 cm³/mol. The molecule has 0 saturated heterocycles. The van der Waals surface area contributed by atoms with Crippen molar-refractivity contribution in [2.24, 2.45) is 7.05 Å². The van der Waals surface area contributed by atoms with Crippen LogP contribution < -0.4 is 0 Å². The Bertz CT molecular complexity index is 1360. The molecule has 28 heavy (non-hydrogen) atoms. The highest BCUT2D eigenvalue weighted by molar-refractivity contribution is 6.02. The minimum atomic E-state index is 0.304. The quantitative estimate of drug-likeness (QED) is 0.476. The van der Waals surface area contributed by atoms with E-state index < -0.39 is 0 Å². The van der Waals surface area contributed by atoms with E-state index in [1.807, 2.05) is 36.8 Å². The summed E-state index contributed by atoms with van der Waals surface area (Å²) in [5.41, 5.74) is 5.08. The fourth-order valence-corrected chi connectivity index (χ4v) is 4.19. The number of fused-ring (bicyclic) bond motifs is 4. The zero-order valence-corrected chi connectivity index (χ0v) is 16.0. The van der Waals surface area contributed by atoms with Crippen molar-refractivity contribution in [3.63, 3.8) is 0 Å². The van der Waals surface area contributed by atoms with Gasteiger partial charge in [0.1, 0.15) is 11.6 Å². The van der Waals surface area contributed by atoms with Crippen LogP contribution >= 0.6 is 0 Å². The maximum atomic E-state index is 5.02. The molecule has 2 atom stereocenters. The number of rotatable bonds is 2. The molecule has 138 valence electrons. The van der Waals surface area contributed by atoms with E-state index in [1.54, 1.807) is 0 Å². The van der Waals surface area contributed by atoms with Gasteiger partial charge in [-0.3, -0.25) is 4.98 Å². The summed E-state index contributed by atoms with van der Waals surface area (Å²) in [6.45, 7) is 3.98. The van der Waals surface area contributed by atoms with Crippen molar-refractivity contribution in [1.82, 2.24) is 34.1 Å². The maximum absolute atomic E-state index is 5.02. The summed E-state index contributed by atoms with van der Waals surface area (Å²) >= 11 is 0. The van der Waals surface area contributed by atoms with E-state index in [-0.39, 0.29) is 0 Å². The molecule has 7 heteroatoms. The molecule has 1 aromatic carbocycles. The van der Waals surface area contributed by atoms with Crippen molar-refractivity contribution in [1.29, 1.82) is 0 Å². The summed E-state index contributed by atoms with van der Waals surface area (Å²) in [7, 11) is 2.09. The smallest absolute Gasteiger partial charge is 0.162 e. The SMILES string of the molecule is Cc1cnc(C)n2nc([C@@H]3C[C@@H]3c3nc4c5cccnc5ccc4n3C)nc12. The van der Waals surface area contributed by atoms with Crippen molar-refractivity contribution in [2.45, 2.75) is 32.1 Å². The number of pyridine rings is 1. The monoisotopic (exact) mass is 369 g/mol. The molecule has 1 aliphatic rings. The molecule has 0 radical (unpaired) electrons. The van der Waals surface area contributed by atoms with E-state index >= 15 is 0 Å². The second kappa shape index (κ2) is 5.34. The zero-order valence-electron chi connectivity index (χ0n) is 16.0. The zero-order chi connectivity index (χ0) is 19.0. The van der Waals surface area contributed by atoms with E-state index in [4.69, 9.17) is 15.1 Å². The molecule has 5 aromatic rings. The Balaban J connectivity index is 1.44. The second-order valence-corrected chi connectivity index (χ2v) is 7.67. The summed E-state index contributed by atoms with van der Waals surface area (Å²) in [6.07, 6.45) is 4.71. The number of aromatic nitrogens is 7. The molecule has 4 aromatic heterocycles. The van der Waals surface area contributed by atoms with Gasteiger partial charge in [0, 0.05) is 42.2 Å². The summed E-state index contributed by atoms with van der Waals surface area (Å²) < 4.78 is 4.06. The fraction of sp³-hybridized carbons (Fsp3) is 0.286. The van der Waals surface area contributed by atoms with Crippen LogP contribution in [0.2, 0.25) is 0 Å². The van der Waals surface area contributed by atoms with Crippen molar-refractivity contribution in [3.05, 3.63) is 59.7 Å². The molecule has 0 amide bonds. The lowest BCUT2D eigenvalue weighted by Crippen LogP contribution is -1.99. The highest BCUT2D eigenvalue weighted by Crippen LogP contribution is 2.53. The minimum absolute atomic E-state index is 0.304. The summed E-state index contributed by atoms with van der Waals surface area (Å²) in [4.78, 5) is 18.7. The number of imidazole rings is 1. The Hall–Kier alpha value is -3.35. The largest absolute Gasteiger partial charge is 0.331 e. The molecule has 0 bridgehead atoms. The van der Waals surface area contributed by atoms with Gasteiger partial charge in [-0.1, -0.05) is 0 Å². The fourth-order valence-electron chi connectivity index (χ4n) is 4.19. The van der Waals surface area contributed by atoms with Crippen molar-refractivity contribution < 1.29 is 0 Å². The Kier molecular flexibility index (Phi) is 2.99. The first kappa shape index (κ1) is 15.7. The molecule has 0 N–H and O–H groups in total. The van der Waals surface area contributed by atoms with E-state index in [9.17, 15) is 0 Å². The minimum Gasteiger partial charge on any atom is -0.331 e. The molecule has 0 spiro atoms. The van der Waals surface area contributed by atoms with E-state index in [2.05, 4.69) is 39.8 Å². The Labute approximate surface area is 161 Å². The summed E-state index contributed by atoms with van der Waals surface area (Å²) in [5.74, 6) is 3.50. The number of hydrogen-bond acceptors (Lipinski definition) is 5.